The van der Waals surface area contributed by atoms with E-state index in [2.05, 4.69) is 6.92 Å². The smallest absolute Gasteiger partial charge is 0.295 e. The number of Topliss-reactive ketones (excluding diaryl/α,β-unsaturated/α-hetero) is 1. The third kappa shape index (κ3) is 3.97. The third-order valence-corrected chi connectivity index (χ3v) is 5.23. The topological polar surface area (TPSA) is 57.6 Å². The zero-order valence-corrected chi connectivity index (χ0v) is 16.9. The minimum atomic E-state index is -0.652. The van der Waals surface area contributed by atoms with Crippen LogP contribution in [0.1, 0.15) is 48.9 Å². The minimum absolute atomic E-state index is 0.120. The molecule has 1 aliphatic rings. The van der Waals surface area contributed by atoms with Gasteiger partial charge in [-0.05, 0) is 31.0 Å². The molecule has 1 aliphatic heterocycles. The highest BCUT2D eigenvalue weighted by Gasteiger charge is 2.45. The molecule has 1 amide bonds. The summed E-state index contributed by atoms with van der Waals surface area (Å²) >= 11 is 6.05. The number of aliphatic hydroxyl groups excluding tert-OH is 1. The number of rotatable bonds is 6. The normalized spacial score (nSPS) is 18.7. The lowest BCUT2D eigenvalue weighted by Crippen LogP contribution is -2.30. The van der Waals surface area contributed by atoms with Crippen LogP contribution in [-0.2, 0) is 9.59 Å². The Morgan fingerprint density at radius 3 is 2.54 bits per heavy atom. The van der Waals surface area contributed by atoms with Gasteiger partial charge < -0.3 is 10.0 Å². The van der Waals surface area contributed by atoms with Gasteiger partial charge in [0.2, 0.25) is 0 Å². The molecule has 2 aromatic rings. The molecule has 1 fully saturated rings. The van der Waals surface area contributed by atoms with Crippen molar-refractivity contribution in [1.82, 2.24) is 4.90 Å². The number of halogens is 1. The van der Waals surface area contributed by atoms with Crippen LogP contribution >= 0.6 is 11.6 Å². The van der Waals surface area contributed by atoms with E-state index in [0.717, 1.165) is 30.4 Å². The van der Waals surface area contributed by atoms with Crippen LogP contribution in [0.2, 0.25) is 5.02 Å². The van der Waals surface area contributed by atoms with Crippen LogP contribution in [0.3, 0.4) is 0 Å². The molecule has 0 aromatic heterocycles. The molecular weight excluding hydrogens is 374 g/mol. The molecule has 1 heterocycles. The molecule has 1 unspecified atom stereocenters. The number of ketones is 1. The van der Waals surface area contributed by atoms with Gasteiger partial charge in [0.25, 0.3) is 11.7 Å². The van der Waals surface area contributed by atoms with Gasteiger partial charge in [-0.2, -0.15) is 0 Å². The number of hydrogen-bond acceptors (Lipinski definition) is 3. The fourth-order valence-electron chi connectivity index (χ4n) is 3.62. The molecule has 28 heavy (non-hydrogen) atoms. The summed E-state index contributed by atoms with van der Waals surface area (Å²) in [7, 11) is 0. The van der Waals surface area contributed by atoms with Crippen molar-refractivity contribution in [1.29, 1.82) is 0 Å². The van der Waals surface area contributed by atoms with Gasteiger partial charge in [-0.1, -0.05) is 73.3 Å². The molecular formula is C23H24ClNO3. The van der Waals surface area contributed by atoms with E-state index in [1.54, 1.807) is 29.2 Å². The summed E-state index contributed by atoms with van der Waals surface area (Å²) in [6.07, 6.45) is 2.79. The predicted molar refractivity (Wildman–Crippen MR) is 111 cm³/mol. The first kappa shape index (κ1) is 20.2. The molecule has 0 bridgehead atoms. The molecule has 0 saturated carbocycles. The molecule has 4 nitrogen and oxygen atoms in total. The molecule has 1 saturated heterocycles. The maximum Gasteiger partial charge on any atom is 0.295 e. The molecule has 0 aliphatic carbocycles. The highest BCUT2D eigenvalue weighted by Crippen LogP contribution is 2.40. The van der Waals surface area contributed by atoms with Crippen LogP contribution in [0.5, 0.6) is 0 Å². The van der Waals surface area contributed by atoms with Crippen molar-refractivity contribution in [3.8, 4) is 0 Å². The van der Waals surface area contributed by atoms with E-state index in [-0.39, 0.29) is 11.3 Å². The minimum Gasteiger partial charge on any atom is -0.507 e. The summed E-state index contributed by atoms with van der Waals surface area (Å²) in [5.41, 5.74) is 2.39. The van der Waals surface area contributed by atoms with Crippen LogP contribution in [-0.4, -0.2) is 28.2 Å². The van der Waals surface area contributed by atoms with E-state index in [9.17, 15) is 14.7 Å². The van der Waals surface area contributed by atoms with E-state index in [0.29, 0.717) is 17.1 Å². The van der Waals surface area contributed by atoms with Gasteiger partial charge in [0.15, 0.2) is 0 Å². The van der Waals surface area contributed by atoms with Crippen molar-refractivity contribution >= 4 is 29.1 Å². The average molecular weight is 398 g/mol. The van der Waals surface area contributed by atoms with Crippen molar-refractivity contribution in [2.45, 2.75) is 39.2 Å². The van der Waals surface area contributed by atoms with E-state index >= 15 is 0 Å². The van der Waals surface area contributed by atoms with Crippen LogP contribution in [0.4, 0.5) is 0 Å². The van der Waals surface area contributed by atoms with Crippen molar-refractivity contribution < 1.29 is 14.7 Å². The average Bonchev–Trinajstić information content (AvgIpc) is 2.92. The Bertz CT molecular complexity index is 935. The Balaban J connectivity index is 2.13. The highest BCUT2D eigenvalue weighted by molar-refractivity contribution is 6.46. The van der Waals surface area contributed by atoms with E-state index < -0.39 is 17.7 Å². The Morgan fingerprint density at radius 1 is 1.11 bits per heavy atom. The van der Waals surface area contributed by atoms with E-state index in [1.807, 2.05) is 31.2 Å². The van der Waals surface area contributed by atoms with E-state index in [4.69, 9.17) is 11.6 Å². The second-order valence-electron chi connectivity index (χ2n) is 7.12. The van der Waals surface area contributed by atoms with Gasteiger partial charge in [0.1, 0.15) is 5.76 Å². The lowest BCUT2D eigenvalue weighted by molar-refractivity contribution is -0.139. The number of carbonyl (C=O) groups excluding carboxylic acids is 2. The van der Waals surface area contributed by atoms with Crippen molar-refractivity contribution in [2.75, 3.05) is 6.54 Å². The van der Waals surface area contributed by atoms with Crippen LogP contribution < -0.4 is 0 Å². The summed E-state index contributed by atoms with van der Waals surface area (Å²) in [5, 5.41) is 11.4. The first-order valence-electron chi connectivity index (χ1n) is 9.55. The highest BCUT2D eigenvalue weighted by atomic mass is 35.5. The Labute approximate surface area is 170 Å². The number of carbonyl (C=O) groups is 2. The monoisotopic (exact) mass is 397 g/mol. The SMILES string of the molecule is CCCCCN1C(=O)C(=O)/C(=C(\O)c2cccc(Cl)c2)C1c1cccc(C)c1. The Morgan fingerprint density at radius 2 is 1.86 bits per heavy atom. The number of unbranched alkanes of at least 4 members (excludes halogenated alkanes) is 2. The van der Waals surface area contributed by atoms with Gasteiger partial charge in [-0.15, -0.1) is 0 Å². The van der Waals surface area contributed by atoms with Crippen LogP contribution in [0.15, 0.2) is 54.1 Å². The Hall–Kier alpha value is -2.59. The van der Waals surface area contributed by atoms with Gasteiger partial charge in [0, 0.05) is 17.1 Å². The standard InChI is InChI=1S/C23H24ClNO3/c1-3-4-5-12-25-20(16-9-6-8-15(2)13-16)19(22(27)23(25)28)21(26)17-10-7-11-18(24)14-17/h6-11,13-14,20,26H,3-5,12H2,1-2H3/b21-19-. The number of likely N-dealkylation sites (tertiary alicyclic amines) is 1. The third-order valence-electron chi connectivity index (χ3n) is 5.00. The summed E-state index contributed by atoms with van der Waals surface area (Å²) in [6, 6.07) is 13.8. The van der Waals surface area contributed by atoms with Gasteiger partial charge in [0.05, 0.1) is 11.6 Å². The quantitative estimate of drug-likeness (QED) is 0.313. The largest absolute Gasteiger partial charge is 0.507 e. The van der Waals surface area contributed by atoms with Crippen molar-refractivity contribution in [3.63, 3.8) is 0 Å². The lowest BCUT2D eigenvalue weighted by atomic mass is 9.94. The number of benzene rings is 2. The summed E-state index contributed by atoms with van der Waals surface area (Å²) in [5.74, 6) is -1.41. The Kier molecular flexibility index (Phi) is 6.20. The molecule has 0 radical (unpaired) electrons. The molecule has 1 atom stereocenters. The molecule has 1 N–H and O–H groups in total. The fraction of sp³-hybridized carbons (Fsp3) is 0.304. The second-order valence-corrected chi connectivity index (χ2v) is 7.56. The number of nitrogens with zero attached hydrogens (tertiary/aromatic N) is 1. The maximum atomic E-state index is 12.9. The molecule has 2 aromatic carbocycles. The van der Waals surface area contributed by atoms with Gasteiger partial charge in [-0.25, -0.2) is 0 Å². The molecule has 0 spiro atoms. The molecule has 5 heteroatoms. The maximum absolute atomic E-state index is 12.9. The zero-order chi connectivity index (χ0) is 20.3. The van der Waals surface area contributed by atoms with Gasteiger partial charge in [-0.3, -0.25) is 9.59 Å². The summed E-state index contributed by atoms with van der Waals surface area (Å²) in [4.78, 5) is 27.2. The van der Waals surface area contributed by atoms with Crippen LogP contribution in [0, 0.1) is 6.92 Å². The summed E-state index contributed by atoms with van der Waals surface area (Å²) < 4.78 is 0. The number of aliphatic hydroxyl groups is 1. The number of aryl methyl sites for hydroxylation is 1. The van der Waals surface area contributed by atoms with Gasteiger partial charge >= 0.3 is 0 Å². The van der Waals surface area contributed by atoms with Crippen molar-refractivity contribution in [2.24, 2.45) is 0 Å². The molecule has 3 rings (SSSR count). The molecule has 146 valence electrons. The fourth-order valence-corrected chi connectivity index (χ4v) is 3.81. The van der Waals surface area contributed by atoms with E-state index in [1.165, 1.54) is 0 Å². The van der Waals surface area contributed by atoms with Crippen molar-refractivity contribution in [3.05, 3.63) is 75.8 Å². The number of amides is 1. The predicted octanol–water partition coefficient (Wildman–Crippen LogP) is 5.26. The number of hydrogen-bond donors (Lipinski definition) is 1. The zero-order valence-electron chi connectivity index (χ0n) is 16.1. The lowest BCUT2D eigenvalue weighted by Gasteiger charge is -2.25. The first-order valence-corrected chi connectivity index (χ1v) is 9.92. The van der Waals surface area contributed by atoms with Crippen LogP contribution in [0.25, 0.3) is 5.76 Å². The summed E-state index contributed by atoms with van der Waals surface area (Å²) in [6.45, 7) is 4.53. The first-order chi connectivity index (χ1) is 13.4. The second kappa shape index (κ2) is 8.61.